The number of furan rings is 2. The predicted molar refractivity (Wildman–Crippen MR) is 590 cm³/mol. The van der Waals surface area contributed by atoms with E-state index in [4.69, 9.17) is 8.83 Å². The fourth-order valence-corrected chi connectivity index (χ4v) is 24.8. The molecule has 4 aliphatic rings. The number of para-hydroxylation sites is 8. The number of fused-ring (bicyclic) bond motifs is 17. The topological polar surface area (TPSA) is 44.2 Å². The molecule has 0 N–H and O–H groups in total. The molecule has 0 radical (unpaired) electrons. The number of aromatic nitrogens is 1. The van der Waals surface area contributed by atoms with E-state index >= 15 is 0 Å². The maximum atomic E-state index is 7.68. The van der Waals surface area contributed by atoms with E-state index in [1.165, 1.54) is 55.3 Å². The van der Waals surface area contributed by atoms with E-state index in [0.717, 1.165) is 201 Å². The van der Waals surface area contributed by atoms with E-state index in [0.29, 0.717) is 0 Å². The van der Waals surface area contributed by atoms with Crippen molar-refractivity contribution in [2.24, 2.45) is 0 Å². The third-order valence-electron chi connectivity index (χ3n) is 30.6. The Kier molecular flexibility index (Phi) is 18.2. The van der Waals surface area contributed by atoms with Crippen LogP contribution < -0.4 is 36.0 Å². The second kappa shape index (κ2) is 32.1. The Morgan fingerprint density at radius 2 is 0.493 bits per heavy atom. The van der Waals surface area contributed by atoms with Gasteiger partial charge in [-0.1, -0.05) is 413 Å². The van der Waals surface area contributed by atoms with Gasteiger partial charge in [0, 0.05) is 83.6 Å². The molecule has 29 rings (SSSR count). The first kappa shape index (κ1) is 80.7. The highest BCUT2D eigenvalue weighted by Gasteiger charge is 2.52. The van der Waals surface area contributed by atoms with Crippen molar-refractivity contribution in [3.8, 4) is 61.3 Å². The van der Waals surface area contributed by atoms with E-state index in [2.05, 4.69) is 546 Å². The van der Waals surface area contributed by atoms with Gasteiger partial charge < -0.3 is 33.0 Å². The van der Waals surface area contributed by atoms with Crippen LogP contribution in [0, 0.1) is 0 Å². The van der Waals surface area contributed by atoms with Gasteiger partial charge in [0.1, 0.15) is 22.3 Å². The summed E-state index contributed by atoms with van der Waals surface area (Å²) < 4.78 is 17.8. The first-order chi connectivity index (χ1) is 70.5. The maximum Gasteiger partial charge on any atom is 0.252 e. The number of rotatable bonds is 14. The average molecular weight is 1810 g/mol. The van der Waals surface area contributed by atoms with Crippen molar-refractivity contribution in [3.05, 3.63) is 566 Å². The van der Waals surface area contributed by atoms with E-state index in [-0.39, 0.29) is 0 Å². The highest BCUT2D eigenvalue weighted by atomic mass is 16.3. The molecule has 0 spiro atoms. The number of hydrogen-bond donors (Lipinski definition) is 0. The van der Waals surface area contributed by atoms with Crippen molar-refractivity contribution in [3.63, 3.8) is 0 Å². The van der Waals surface area contributed by atoms with Crippen LogP contribution in [0.15, 0.2) is 531 Å². The molecule has 4 aliphatic heterocycles. The summed E-state index contributed by atoms with van der Waals surface area (Å²) in [5.74, 6) is 0. The van der Waals surface area contributed by atoms with Crippen molar-refractivity contribution in [1.82, 2.24) is 4.57 Å². The molecular formula is C134H86BN5O2. The van der Waals surface area contributed by atoms with Gasteiger partial charge in [0.2, 0.25) is 0 Å². The Morgan fingerprint density at radius 1 is 0.197 bits per heavy atom. The van der Waals surface area contributed by atoms with Crippen LogP contribution in [0.5, 0.6) is 0 Å². The van der Waals surface area contributed by atoms with Crippen molar-refractivity contribution in [2.75, 3.05) is 19.6 Å². The second-order valence-electron chi connectivity index (χ2n) is 37.8. The van der Waals surface area contributed by atoms with Crippen LogP contribution in [0.3, 0.4) is 0 Å². The quantitative estimate of drug-likeness (QED) is 0.101. The molecule has 0 saturated carbocycles. The van der Waals surface area contributed by atoms with Gasteiger partial charge in [-0.2, -0.15) is 0 Å². The molecule has 0 bridgehead atoms. The van der Waals surface area contributed by atoms with Crippen LogP contribution >= 0.6 is 0 Å². The molecule has 0 fully saturated rings. The minimum Gasteiger partial charge on any atom is -0.455 e. The molecule has 7 heterocycles. The Balaban J connectivity index is 0.785. The van der Waals surface area contributed by atoms with Crippen molar-refractivity contribution >= 4 is 157 Å². The molecule has 0 saturated heterocycles. The van der Waals surface area contributed by atoms with Gasteiger partial charge in [-0.3, -0.25) is 0 Å². The van der Waals surface area contributed by atoms with Gasteiger partial charge in [0.25, 0.3) is 6.71 Å². The van der Waals surface area contributed by atoms with E-state index in [1.807, 2.05) is 0 Å². The Bertz CT molecular complexity index is 8680. The van der Waals surface area contributed by atoms with Gasteiger partial charge in [-0.05, 0) is 203 Å². The van der Waals surface area contributed by atoms with Gasteiger partial charge in [0.05, 0.1) is 66.8 Å². The predicted octanol–water partition coefficient (Wildman–Crippen LogP) is 33.3. The minimum absolute atomic E-state index is 0.465. The summed E-state index contributed by atoms with van der Waals surface area (Å²) in [5, 5.41) is 6.38. The highest BCUT2D eigenvalue weighted by Crippen LogP contribution is 2.64. The summed E-state index contributed by atoms with van der Waals surface area (Å²) in [7, 11) is 0. The lowest BCUT2D eigenvalue weighted by Crippen LogP contribution is -2.61. The van der Waals surface area contributed by atoms with Crippen LogP contribution in [-0.2, 0) is 10.8 Å². The first-order valence-corrected chi connectivity index (χ1v) is 49.0. The highest BCUT2D eigenvalue weighted by molar-refractivity contribution is 7.00. The average Bonchev–Trinajstić information content (AvgIpc) is 1.05. The zero-order chi connectivity index (χ0) is 93.2. The van der Waals surface area contributed by atoms with Crippen LogP contribution in [0.2, 0.25) is 0 Å². The zero-order valence-electron chi connectivity index (χ0n) is 77.3. The summed E-state index contributed by atoms with van der Waals surface area (Å²) in [6.45, 7) is -0.465. The third-order valence-corrected chi connectivity index (χ3v) is 30.6. The smallest absolute Gasteiger partial charge is 0.252 e. The van der Waals surface area contributed by atoms with Crippen LogP contribution in [-0.4, -0.2) is 11.3 Å². The summed E-state index contributed by atoms with van der Waals surface area (Å²) in [5.41, 5.74) is 40.4. The number of nitrogens with zero attached hydrogens (tertiary/aromatic N) is 5. The fourth-order valence-electron chi connectivity index (χ4n) is 24.8. The largest absolute Gasteiger partial charge is 0.455 e. The lowest BCUT2D eigenvalue weighted by molar-refractivity contribution is 0.669. The summed E-state index contributed by atoms with van der Waals surface area (Å²) in [6, 6.07) is 195. The van der Waals surface area contributed by atoms with Gasteiger partial charge in [-0.25, -0.2) is 0 Å². The number of anilines is 12. The van der Waals surface area contributed by atoms with Gasteiger partial charge in [0.15, 0.2) is 0 Å². The van der Waals surface area contributed by atoms with Crippen LogP contribution in [0.25, 0.3) is 127 Å². The lowest BCUT2D eigenvalue weighted by Gasteiger charge is -2.48. The maximum absolute atomic E-state index is 7.68. The molecule has 8 heteroatoms. The van der Waals surface area contributed by atoms with Gasteiger partial charge in [-0.15, -0.1) is 0 Å². The van der Waals surface area contributed by atoms with Crippen LogP contribution in [0.1, 0.15) is 44.5 Å². The van der Waals surface area contributed by atoms with Crippen molar-refractivity contribution < 1.29 is 8.83 Å². The molecule has 662 valence electrons. The minimum atomic E-state index is -0.739. The second-order valence-corrected chi connectivity index (χ2v) is 37.8. The monoisotopic (exact) mass is 1810 g/mol. The van der Waals surface area contributed by atoms with E-state index in [9.17, 15) is 0 Å². The first-order valence-electron chi connectivity index (χ1n) is 49.0. The molecule has 0 amide bonds. The Labute approximate surface area is 822 Å². The molecule has 22 aromatic carbocycles. The van der Waals surface area contributed by atoms with E-state index in [1.54, 1.807) is 0 Å². The zero-order valence-corrected chi connectivity index (χ0v) is 77.3. The number of benzene rings is 22. The van der Waals surface area contributed by atoms with Gasteiger partial charge >= 0.3 is 0 Å². The summed E-state index contributed by atoms with van der Waals surface area (Å²) in [6.07, 6.45) is 0. The molecule has 0 aliphatic carbocycles. The molecule has 7 nitrogen and oxygen atoms in total. The third kappa shape index (κ3) is 11.9. The molecular weight excluding hydrogens is 1720 g/mol. The van der Waals surface area contributed by atoms with Crippen molar-refractivity contribution in [2.45, 2.75) is 10.8 Å². The molecule has 3 aromatic heterocycles. The SMILES string of the molecule is c1ccc(-c2cc(-c3ccccc3)c3oc4ccccc4c3c2N2c3cc(N4c5ccccc5C(c5ccccc5)(c5ccccc5)c5ccccc54)ccc3B3c4ccc(N5c6ccccc6C(c6ccccc6)(c6ccccc6)c6ccccc65)cc4N(c4c(-c5ccccc5)cc(-c5ccccc5)c5oc6ccccc6c45)c4cc(-c5ccc(-n6c7ccccc7c7ccccc76)cc5)cc2c43)cc1. The Hall–Kier alpha value is -18.5. The normalized spacial score (nSPS) is 13.5. The van der Waals surface area contributed by atoms with Crippen molar-refractivity contribution in [1.29, 1.82) is 0 Å². The molecule has 142 heavy (non-hydrogen) atoms. The van der Waals surface area contributed by atoms with E-state index < -0.39 is 17.5 Å². The molecule has 0 unspecified atom stereocenters. The standard InChI is InChI=1S/C134H86BN5O2/c1-9-41-88(42-10-1)104-85-106(90-45-13-3-14-46-90)131-126(102-59-27-39-71-124(102)141-131)129(104)139-120-83-98(137-116-67-35-29-61-108(116)133(93-49-17-5-18-50-93,94-51-19-6-20-52-94)109-62-30-36-68-117(109)137)77-79-112(120)135-113-80-78-99(138-118-69-37-31-63-110(118)134(95-53-21-7-22-54-95,96-55-23-8-24-56-96)111-64-32-38-70-119(111)138)84-121(113)140(130-105(89-43-11-2-12-44-89)86-107(91-47-15-4-16-48-91)132-127(130)103-60-28-40-72-125(103)142-132)123-82-92(81-122(139)128(123)135)87-73-75-97(76-74-87)136-114-65-33-25-57-100(114)101-58-26-34-66-115(101)136/h1-86H. The lowest BCUT2D eigenvalue weighted by atomic mass is 9.33. The molecule has 25 aromatic rings. The summed E-state index contributed by atoms with van der Waals surface area (Å²) >= 11 is 0. The fraction of sp³-hybridized carbons (Fsp3) is 0.0149. The number of hydrogen-bond acceptors (Lipinski definition) is 6. The molecule has 0 atom stereocenters. The Morgan fingerprint density at radius 3 is 0.852 bits per heavy atom. The summed E-state index contributed by atoms with van der Waals surface area (Å²) in [4.78, 5) is 10.5. The van der Waals surface area contributed by atoms with Crippen LogP contribution in [0.4, 0.5) is 68.2 Å².